The molecule has 1 aromatic heterocycles. The second-order valence-corrected chi connectivity index (χ2v) is 4.13. The van der Waals surface area contributed by atoms with Gasteiger partial charge in [-0.2, -0.15) is 0 Å². The zero-order valence-electron chi connectivity index (χ0n) is 11.0. The van der Waals surface area contributed by atoms with Gasteiger partial charge in [0.2, 0.25) is 0 Å². The fourth-order valence-electron chi connectivity index (χ4n) is 1.68. The Morgan fingerprint density at radius 2 is 2.00 bits per heavy atom. The monoisotopic (exact) mass is 270 g/mol. The van der Waals surface area contributed by atoms with Gasteiger partial charge in [-0.1, -0.05) is 18.2 Å². The number of para-hydroxylation sites is 1. The van der Waals surface area contributed by atoms with Crippen LogP contribution in [0.25, 0.3) is 0 Å². The topological polar surface area (TPSA) is 68.3 Å². The van der Waals surface area contributed by atoms with Crippen LogP contribution in [-0.2, 0) is 11.3 Å². The van der Waals surface area contributed by atoms with E-state index >= 15 is 0 Å². The van der Waals surface area contributed by atoms with E-state index in [0.29, 0.717) is 12.1 Å². The number of nitrogens with zero attached hydrogens (tertiary/aromatic N) is 1. The molecule has 0 aliphatic heterocycles. The van der Waals surface area contributed by atoms with Crippen LogP contribution in [0.1, 0.15) is 22.8 Å². The number of benzene rings is 1. The van der Waals surface area contributed by atoms with Gasteiger partial charge in [0.1, 0.15) is 5.75 Å². The second kappa shape index (κ2) is 6.47. The summed E-state index contributed by atoms with van der Waals surface area (Å²) in [5.41, 5.74) is 1.22. The van der Waals surface area contributed by atoms with Crippen LogP contribution in [0.5, 0.6) is 5.75 Å². The zero-order chi connectivity index (χ0) is 14.4. The quantitative estimate of drug-likeness (QED) is 0.681. The summed E-state index contributed by atoms with van der Waals surface area (Å²) < 4.78 is 5.01. The van der Waals surface area contributed by atoms with Crippen molar-refractivity contribution in [2.24, 2.45) is 0 Å². The summed E-state index contributed by atoms with van der Waals surface area (Å²) in [5.74, 6) is -0.508. The summed E-state index contributed by atoms with van der Waals surface area (Å²) in [7, 11) is 0. The Bertz CT molecular complexity index is 612. The molecule has 2 rings (SSSR count). The Morgan fingerprint density at radius 3 is 2.70 bits per heavy atom. The highest BCUT2D eigenvalue weighted by Gasteiger charge is 2.13. The van der Waals surface area contributed by atoms with Crippen LogP contribution in [0, 0.1) is 0 Å². The Kier molecular flexibility index (Phi) is 4.44. The maximum Gasteiger partial charge on any atom is 0.308 e. The van der Waals surface area contributed by atoms with E-state index in [9.17, 15) is 9.59 Å². The van der Waals surface area contributed by atoms with Crippen molar-refractivity contribution in [2.75, 3.05) is 0 Å². The van der Waals surface area contributed by atoms with Gasteiger partial charge >= 0.3 is 5.97 Å². The molecule has 0 saturated carbocycles. The number of ether oxygens (including phenoxy) is 1. The summed E-state index contributed by atoms with van der Waals surface area (Å²) in [4.78, 5) is 27.1. The highest BCUT2D eigenvalue weighted by atomic mass is 16.5. The van der Waals surface area contributed by atoms with E-state index in [1.165, 1.54) is 6.92 Å². The van der Waals surface area contributed by atoms with Crippen LogP contribution in [0.2, 0.25) is 0 Å². The lowest BCUT2D eigenvalue weighted by molar-refractivity contribution is -0.131. The zero-order valence-corrected chi connectivity index (χ0v) is 11.0. The number of pyridine rings is 1. The van der Waals surface area contributed by atoms with Crippen LogP contribution in [-0.4, -0.2) is 16.9 Å². The van der Waals surface area contributed by atoms with Crippen molar-refractivity contribution in [3.05, 3.63) is 59.9 Å². The van der Waals surface area contributed by atoms with Gasteiger partial charge < -0.3 is 10.1 Å². The molecular formula is C15H14N2O3. The maximum absolute atomic E-state index is 12.1. The molecule has 102 valence electrons. The summed E-state index contributed by atoms with van der Waals surface area (Å²) in [6.07, 6.45) is 3.35. The predicted octanol–water partition coefficient (Wildman–Crippen LogP) is 1.94. The van der Waals surface area contributed by atoms with E-state index in [1.807, 2.05) is 6.07 Å². The van der Waals surface area contributed by atoms with Gasteiger partial charge in [0.05, 0.1) is 5.56 Å². The third kappa shape index (κ3) is 3.65. The molecule has 0 aliphatic carbocycles. The maximum atomic E-state index is 12.1. The predicted molar refractivity (Wildman–Crippen MR) is 73.2 cm³/mol. The highest BCUT2D eigenvalue weighted by molar-refractivity contribution is 5.97. The Morgan fingerprint density at radius 1 is 1.20 bits per heavy atom. The van der Waals surface area contributed by atoms with E-state index in [1.54, 1.807) is 42.7 Å². The first-order valence-electron chi connectivity index (χ1n) is 6.11. The van der Waals surface area contributed by atoms with Crippen LogP contribution in [0.3, 0.4) is 0 Å². The van der Waals surface area contributed by atoms with Crippen LogP contribution < -0.4 is 10.1 Å². The van der Waals surface area contributed by atoms with E-state index in [2.05, 4.69) is 10.3 Å². The first-order valence-corrected chi connectivity index (χ1v) is 6.11. The number of aromatic nitrogens is 1. The van der Waals surface area contributed by atoms with Gasteiger partial charge in [-0.3, -0.25) is 14.6 Å². The molecule has 20 heavy (non-hydrogen) atoms. The molecule has 1 aromatic carbocycles. The van der Waals surface area contributed by atoms with Gasteiger partial charge in [-0.15, -0.1) is 0 Å². The van der Waals surface area contributed by atoms with Crippen molar-refractivity contribution in [3.63, 3.8) is 0 Å². The van der Waals surface area contributed by atoms with Crippen LogP contribution in [0.15, 0.2) is 48.8 Å². The molecule has 0 fully saturated rings. The number of hydrogen-bond donors (Lipinski definition) is 1. The van der Waals surface area contributed by atoms with Gasteiger partial charge in [0, 0.05) is 25.9 Å². The summed E-state index contributed by atoms with van der Waals surface area (Å²) in [5, 5.41) is 2.76. The molecule has 0 unspecified atom stereocenters. The molecule has 0 atom stereocenters. The number of hydrogen-bond acceptors (Lipinski definition) is 4. The molecule has 1 heterocycles. The van der Waals surface area contributed by atoms with E-state index in [0.717, 1.165) is 5.56 Å². The van der Waals surface area contributed by atoms with Crippen molar-refractivity contribution in [1.29, 1.82) is 0 Å². The van der Waals surface area contributed by atoms with Crippen molar-refractivity contribution in [1.82, 2.24) is 10.3 Å². The van der Waals surface area contributed by atoms with Gasteiger partial charge in [0.15, 0.2) is 0 Å². The Balaban J connectivity index is 2.07. The smallest absolute Gasteiger partial charge is 0.308 e. The van der Waals surface area contributed by atoms with Gasteiger partial charge in [-0.25, -0.2) is 0 Å². The van der Waals surface area contributed by atoms with E-state index in [4.69, 9.17) is 4.74 Å². The summed E-state index contributed by atoms with van der Waals surface area (Å²) in [6.45, 7) is 1.66. The molecular weight excluding hydrogens is 256 g/mol. The molecule has 0 radical (unpaired) electrons. The van der Waals surface area contributed by atoms with Crippen molar-refractivity contribution >= 4 is 11.9 Å². The highest BCUT2D eigenvalue weighted by Crippen LogP contribution is 2.18. The van der Waals surface area contributed by atoms with Gasteiger partial charge in [-0.05, 0) is 23.8 Å². The second-order valence-electron chi connectivity index (χ2n) is 4.13. The van der Waals surface area contributed by atoms with E-state index in [-0.39, 0.29) is 11.7 Å². The lowest BCUT2D eigenvalue weighted by Gasteiger charge is -2.09. The third-order valence-corrected chi connectivity index (χ3v) is 2.56. The molecule has 2 aromatic rings. The summed E-state index contributed by atoms with van der Waals surface area (Å²) >= 11 is 0. The fraction of sp³-hybridized carbons (Fsp3) is 0.133. The lowest BCUT2D eigenvalue weighted by atomic mass is 10.2. The third-order valence-electron chi connectivity index (χ3n) is 2.56. The van der Waals surface area contributed by atoms with Crippen molar-refractivity contribution < 1.29 is 14.3 Å². The summed E-state index contributed by atoms with van der Waals surface area (Å²) in [6, 6.07) is 10.3. The van der Waals surface area contributed by atoms with Gasteiger partial charge in [0.25, 0.3) is 5.91 Å². The number of amides is 1. The Labute approximate surface area is 116 Å². The van der Waals surface area contributed by atoms with Crippen LogP contribution in [0.4, 0.5) is 0 Å². The number of rotatable bonds is 4. The first-order chi connectivity index (χ1) is 9.66. The number of carbonyl (C=O) groups excluding carboxylic acids is 2. The minimum Gasteiger partial charge on any atom is -0.426 e. The molecule has 1 amide bonds. The SMILES string of the molecule is CC(=O)Oc1ccccc1C(=O)NCc1cccnc1. The first kappa shape index (κ1) is 13.7. The largest absolute Gasteiger partial charge is 0.426 e. The number of carbonyl (C=O) groups is 2. The molecule has 0 saturated heterocycles. The number of esters is 1. The average molecular weight is 270 g/mol. The number of nitrogens with one attached hydrogen (secondary N) is 1. The fourth-order valence-corrected chi connectivity index (χ4v) is 1.68. The molecule has 1 N–H and O–H groups in total. The Hall–Kier alpha value is -2.69. The molecule has 0 aliphatic rings. The van der Waals surface area contributed by atoms with Crippen molar-refractivity contribution in [3.8, 4) is 5.75 Å². The molecule has 5 nitrogen and oxygen atoms in total. The standard InChI is InChI=1S/C15H14N2O3/c1-11(18)20-14-7-3-2-6-13(14)15(19)17-10-12-5-4-8-16-9-12/h2-9H,10H2,1H3,(H,17,19). The molecule has 0 spiro atoms. The average Bonchev–Trinajstić information content (AvgIpc) is 2.46. The van der Waals surface area contributed by atoms with E-state index < -0.39 is 5.97 Å². The lowest BCUT2D eigenvalue weighted by Crippen LogP contribution is -2.23. The normalized spacial score (nSPS) is 9.85. The molecule has 5 heteroatoms. The molecule has 0 bridgehead atoms. The minimum absolute atomic E-state index is 0.253. The van der Waals surface area contributed by atoms with Crippen molar-refractivity contribution in [2.45, 2.75) is 13.5 Å². The minimum atomic E-state index is -0.461. The van der Waals surface area contributed by atoms with Crippen LogP contribution >= 0.6 is 0 Å².